The molecule has 1 heterocycles. The zero-order chi connectivity index (χ0) is 21.1. The molecule has 0 unspecified atom stereocenters. The third-order valence-electron chi connectivity index (χ3n) is 5.21. The van der Waals surface area contributed by atoms with Crippen LogP contribution < -0.4 is 5.32 Å². The zero-order valence-corrected chi connectivity index (χ0v) is 17.9. The Bertz CT molecular complexity index is 1180. The molecule has 30 heavy (non-hydrogen) atoms. The van der Waals surface area contributed by atoms with Gasteiger partial charge in [-0.2, -0.15) is 0 Å². The van der Waals surface area contributed by atoms with E-state index >= 15 is 0 Å². The van der Waals surface area contributed by atoms with Crippen molar-refractivity contribution in [2.24, 2.45) is 0 Å². The van der Waals surface area contributed by atoms with E-state index in [4.69, 9.17) is 16.6 Å². The van der Waals surface area contributed by atoms with Crippen LogP contribution in [0.4, 0.5) is 0 Å². The van der Waals surface area contributed by atoms with E-state index < -0.39 is 0 Å². The molecule has 0 bridgehead atoms. The Kier molecular flexibility index (Phi) is 5.86. The van der Waals surface area contributed by atoms with Gasteiger partial charge in [-0.3, -0.25) is 4.79 Å². The molecule has 0 fully saturated rings. The van der Waals surface area contributed by atoms with Crippen molar-refractivity contribution < 1.29 is 4.79 Å². The van der Waals surface area contributed by atoms with Gasteiger partial charge in [0, 0.05) is 17.1 Å². The van der Waals surface area contributed by atoms with Crippen molar-refractivity contribution >= 4 is 28.5 Å². The molecule has 0 spiro atoms. The summed E-state index contributed by atoms with van der Waals surface area (Å²) in [5.41, 5.74) is 5.03. The molecule has 0 aliphatic carbocycles. The molecule has 3 aromatic carbocycles. The fourth-order valence-electron chi connectivity index (χ4n) is 3.52. The topological polar surface area (TPSA) is 46.9 Å². The van der Waals surface area contributed by atoms with Crippen molar-refractivity contribution in [3.05, 3.63) is 100 Å². The van der Waals surface area contributed by atoms with E-state index in [2.05, 4.69) is 54.1 Å². The third-order valence-corrected chi connectivity index (χ3v) is 5.45. The smallest absolute Gasteiger partial charge is 0.251 e. The number of carbonyl (C=O) groups excluding carboxylic acids is 1. The van der Waals surface area contributed by atoms with Gasteiger partial charge in [0.05, 0.1) is 17.6 Å². The lowest BCUT2D eigenvalue weighted by molar-refractivity contribution is 0.0949. The van der Waals surface area contributed by atoms with Gasteiger partial charge in [-0.15, -0.1) is 0 Å². The Hall–Kier alpha value is -3.11. The maximum absolute atomic E-state index is 12.5. The van der Waals surface area contributed by atoms with Gasteiger partial charge in [0.25, 0.3) is 5.91 Å². The minimum Gasteiger partial charge on any atom is -0.345 e. The summed E-state index contributed by atoms with van der Waals surface area (Å²) in [5.74, 6) is 1.15. The second-order valence-electron chi connectivity index (χ2n) is 7.69. The average molecular weight is 418 g/mol. The van der Waals surface area contributed by atoms with Gasteiger partial charge in [-0.25, -0.2) is 4.98 Å². The van der Waals surface area contributed by atoms with Gasteiger partial charge >= 0.3 is 0 Å². The monoisotopic (exact) mass is 417 g/mol. The summed E-state index contributed by atoms with van der Waals surface area (Å²) in [6.45, 7) is 5.42. The summed E-state index contributed by atoms with van der Waals surface area (Å²) in [6, 6.07) is 23.7. The van der Waals surface area contributed by atoms with Crippen molar-refractivity contribution in [2.75, 3.05) is 0 Å². The summed E-state index contributed by atoms with van der Waals surface area (Å²) >= 11 is 6.01. The number of nitrogens with one attached hydrogen (secondary N) is 1. The number of hydrogen-bond donors (Lipinski definition) is 1. The van der Waals surface area contributed by atoms with E-state index in [-0.39, 0.29) is 5.91 Å². The van der Waals surface area contributed by atoms with E-state index in [1.165, 1.54) is 11.1 Å². The van der Waals surface area contributed by atoms with Gasteiger partial charge in [-0.05, 0) is 47.4 Å². The van der Waals surface area contributed by atoms with Gasteiger partial charge in [0.15, 0.2) is 0 Å². The SMILES string of the molecule is CC(C)c1ccc(Cn2c(CNC(=O)c3cccc(Cl)c3)nc3ccccc32)cc1. The Labute approximate surface area is 181 Å². The number of imidazole rings is 1. The van der Waals surface area contributed by atoms with Gasteiger partial charge < -0.3 is 9.88 Å². The van der Waals surface area contributed by atoms with Crippen molar-refractivity contribution in [3.8, 4) is 0 Å². The second kappa shape index (κ2) is 8.72. The number of amides is 1. The number of halogens is 1. The molecule has 0 saturated carbocycles. The maximum atomic E-state index is 12.5. The molecule has 1 aromatic heterocycles. The number of carbonyl (C=O) groups is 1. The predicted octanol–water partition coefficient (Wildman–Crippen LogP) is 5.79. The average Bonchev–Trinajstić information content (AvgIpc) is 3.10. The second-order valence-corrected chi connectivity index (χ2v) is 8.13. The minimum absolute atomic E-state index is 0.169. The zero-order valence-electron chi connectivity index (χ0n) is 17.1. The number of hydrogen-bond acceptors (Lipinski definition) is 2. The number of rotatable bonds is 6. The first-order valence-electron chi connectivity index (χ1n) is 10.1. The molecule has 0 saturated heterocycles. The van der Waals surface area contributed by atoms with Crippen LogP contribution in [0.2, 0.25) is 5.02 Å². The predicted molar refractivity (Wildman–Crippen MR) is 122 cm³/mol. The highest BCUT2D eigenvalue weighted by Gasteiger charge is 2.13. The Morgan fingerprint density at radius 1 is 1.03 bits per heavy atom. The molecule has 1 amide bonds. The summed E-state index contributed by atoms with van der Waals surface area (Å²) in [7, 11) is 0. The number of benzene rings is 3. The molecule has 152 valence electrons. The van der Waals surface area contributed by atoms with Gasteiger partial charge in [0.1, 0.15) is 5.82 Å². The van der Waals surface area contributed by atoms with Crippen LogP contribution in [-0.2, 0) is 13.1 Å². The highest BCUT2D eigenvalue weighted by Crippen LogP contribution is 2.20. The number of para-hydroxylation sites is 2. The van der Waals surface area contributed by atoms with Crippen molar-refractivity contribution in [2.45, 2.75) is 32.9 Å². The molecule has 0 radical (unpaired) electrons. The lowest BCUT2D eigenvalue weighted by Gasteiger charge is -2.12. The molecule has 4 nitrogen and oxygen atoms in total. The molecule has 0 atom stereocenters. The van der Waals surface area contributed by atoms with Crippen LogP contribution in [0.3, 0.4) is 0 Å². The Morgan fingerprint density at radius 3 is 2.53 bits per heavy atom. The summed E-state index contributed by atoms with van der Waals surface area (Å²) in [5, 5.41) is 3.51. The third kappa shape index (κ3) is 4.39. The van der Waals surface area contributed by atoms with Crippen molar-refractivity contribution in [3.63, 3.8) is 0 Å². The van der Waals surface area contributed by atoms with Crippen LogP contribution in [0.5, 0.6) is 0 Å². The van der Waals surface area contributed by atoms with Crippen LogP contribution >= 0.6 is 11.6 Å². The Morgan fingerprint density at radius 2 is 1.80 bits per heavy atom. The summed E-state index contributed by atoms with van der Waals surface area (Å²) in [6.07, 6.45) is 0. The largest absolute Gasteiger partial charge is 0.345 e. The van der Waals surface area contributed by atoms with E-state index in [1.807, 2.05) is 18.2 Å². The van der Waals surface area contributed by atoms with Crippen molar-refractivity contribution in [1.29, 1.82) is 0 Å². The van der Waals surface area contributed by atoms with Crippen LogP contribution in [0, 0.1) is 0 Å². The summed E-state index contributed by atoms with van der Waals surface area (Å²) in [4.78, 5) is 17.3. The number of aromatic nitrogens is 2. The molecule has 4 aromatic rings. The number of nitrogens with zero attached hydrogens (tertiary/aromatic N) is 2. The summed E-state index contributed by atoms with van der Waals surface area (Å²) < 4.78 is 2.16. The van der Waals surface area contributed by atoms with E-state index in [0.29, 0.717) is 29.6 Å². The molecule has 5 heteroatoms. The molecule has 1 N–H and O–H groups in total. The quantitative estimate of drug-likeness (QED) is 0.431. The number of fused-ring (bicyclic) bond motifs is 1. The highest BCUT2D eigenvalue weighted by molar-refractivity contribution is 6.30. The molecular weight excluding hydrogens is 394 g/mol. The fraction of sp³-hybridized carbons (Fsp3) is 0.200. The van der Waals surface area contributed by atoms with Crippen LogP contribution in [0.25, 0.3) is 11.0 Å². The molecule has 4 rings (SSSR count). The van der Waals surface area contributed by atoms with E-state index in [9.17, 15) is 4.79 Å². The first-order valence-corrected chi connectivity index (χ1v) is 10.5. The van der Waals surface area contributed by atoms with Crippen LogP contribution in [-0.4, -0.2) is 15.5 Å². The first-order chi connectivity index (χ1) is 14.5. The lowest BCUT2D eigenvalue weighted by atomic mass is 10.0. The lowest BCUT2D eigenvalue weighted by Crippen LogP contribution is -2.24. The van der Waals surface area contributed by atoms with Crippen LogP contribution in [0.1, 0.15) is 47.1 Å². The minimum atomic E-state index is -0.169. The Balaban J connectivity index is 1.59. The molecule has 0 aliphatic rings. The molecule has 0 aliphatic heterocycles. The van der Waals surface area contributed by atoms with Crippen LogP contribution in [0.15, 0.2) is 72.8 Å². The van der Waals surface area contributed by atoms with E-state index in [0.717, 1.165) is 16.9 Å². The first kappa shape index (κ1) is 20.2. The van der Waals surface area contributed by atoms with Crippen molar-refractivity contribution in [1.82, 2.24) is 14.9 Å². The van der Waals surface area contributed by atoms with Gasteiger partial charge in [-0.1, -0.05) is 67.9 Å². The fourth-order valence-corrected chi connectivity index (χ4v) is 3.71. The maximum Gasteiger partial charge on any atom is 0.251 e. The van der Waals surface area contributed by atoms with E-state index in [1.54, 1.807) is 24.3 Å². The van der Waals surface area contributed by atoms with Gasteiger partial charge in [0.2, 0.25) is 0 Å². The highest BCUT2D eigenvalue weighted by atomic mass is 35.5. The standard InChI is InChI=1S/C25H24ClN3O/c1-17(2)19-12-10-18(11-13-19)16-29-23-9-4-3-8-22(23)28-24(29)15-27-25(30)20-6-5-7-21(26)14-20/h3-14,17H,15-16H2,1-2H3,(H,27,30). The molecular formula is C25H24ClN3O. The normalized spacial score (nSPS) is 11.2.